The number of hydrogen-bond donors (Lipinski definition) is 1. The lowest BCUT2D eigenvalue weighted by Crippen LogP contribution is -2.38. The molecule has 2 unspecified atom stereocenters. The lowest BCUT2D eigenvalue weighted by atomic mass is 9.82. The first-order valence-electron chi connectivity index (χ1n) is 20.1. The Morgan fingerprint density at radius 1 is 0.517 bits per heavy atom. The van der Waals surface area contributed by atoms with Gasteiger partial charge in [0.15, 0.2) is 0 Å². The van der Waals surface area contributed by atoms with Crippen LogP contribution in [0.3, 0.4) is 0 Å². The highest BCUT2D eigenvalue weighted by atomic mass is 15.0. The zero-order valence-corrected chi connectivity index (χ0v) is 31.6. The number of rotatable bonds is 5. The number of aliphatic imine (C=N–C) groups is 1. The summed E-state index contributed by atoms with van der Waals surface area (Å²) in [6, 6.07) is 53.6. The largest absolute Gasteiger partial charge is 0.376 e. The van der Waals surface area contributed by atoms with Crippen LogP contribution in [0.25, 0.3) is 105 Å². The first-order chi connectivity index (χ1) is 28.8. The van der Waals surface area contributed by atoms with E-state index >= 15 is 0 Å². The number of fused-ring (bicyclic) bond motifs is 7. The quantitative estimate of drug-likeness (QED) is 0.179. The third kappa shape index (κ3) is 5.12. The molecule has 0 bridgehead atoms. The summed E-state index contributed by atoms with van der Waals surface area (Å²) in [4.78, 5) is 14.6. The predicted octanol–water partition coefficient (Wildman–Crippen LogP) is 13.0. The summed E-state index contributed by atoms with van der Waals surface area (Å²) in [6.45, 7) is 0. The summed E-state index contributed by atoms with van der Waals surface area (Å²) in [5.74, 6) is 0. The van der Waals surface area contributed by atoms with E-state index in [4.69, 9.17) is 15.0 Å². The maximum atomic E-state index is 5.16. The van der Waals surface area contributed by atoms with Gasteiger partial charge < -0.3 is 5.32 Å². The van der Waals surface area contributed by atoms with Crippen LogP contribution in [0, 0.1) is 0 Å². The average Bonchev–Trinajstić information content (AvgIpc) is 3.63. The second-order valence-corrected chi connectivity index (χ2v) is 15.5. The lowest BCUT2D eigenvalue weighted by Gasteiger charge is -2.27. The highest BCUT2D eigenvalue weighted by Crippen LogP contribution is 2.57. The van der Waals surface area contributed by atoms with Gasteiger partial charge in [0.05, 0.1) is 28.8 Å². The van der Waals surface area contributed by atoms with Gasteiger partial charge in [0, 0.05) is 34.4 Å². The smallest absolute Gasteiger partial charge is 0.0972 e. The molecule has 4 heteroatoms. The van der Waals surface area contributed by atoms with Crippen LogP contribution in [-0.4, -0.2) is 28.3 Å². The maximum Gasteiger partial charge on any atom is 0.0972 e. The van der Waals surface area contributed by atoms with Crippen molar-refractivity contribution in [2.45, 2.75) is 18.5 Å². The Bertz CT molecular complexity index is 3270. The first kappa shape index (κ1) is 32.8. The fraction of sp³-hybridized carbons (Fsp3) is 0.0556. The molecule has 58 heavy (non-hydrogen) atoms. The van der Waals surface area contributed by atoms with Gasteiger partial charge in [0.2, 0.25) is 0 Å². The molecular formula is C54H36N4. The Hall–Kier alpha value is -7.43. The van der Waals surface area contributed by atoms with E-state index in [-0.39, 0.29) is 12.1 Å². The summed E-state index contributed by atoms with van der Waals surface area (Å²) in [6.07, 6.45) is 15.5. The number of benzene rings is 7. The highest BCUT2D eigenvalue weighted by Gasteiger charge is 2.30. The first-order valence-corrected chi connectivity index (χ1v) is 20.1. The molecule has 2 aromatic heterocycles. The summed E-state index contributed by atoms with van der Waals surface area (Å²) >= 11 is 0. The zero-order valence-electron chi connectivity index (χ0n) is 31.6. The highest BCUT2D eigenvalue weighted by molar-refractivity contribution is 6.27. The van der Waals surface area contributed by atoms with Gasteiger partial charge in [-0.3, -0.25) is 9.98 Å². The molecule has 4 nitrogen and oxygen atoms in total. The number of dihydropyridines is 2. The van der Waals surface area contributed by atoms with Crippen LogP contribution in [0.2, 0.25) is 0 Å². The van der Waals surface area contributed by atoms with Gasteiger partial charge in [-0.15, -0.1) is 0 Å². The van der Waals surface area contributed by atoms with E-state index in [0.29, 0.717) is 0 Å². The SMILES string of the molecule is C1=CCC(C2C=CC=C(c3ccc(-c4c5c(c(-c6ccc(-c7ccc8ccc9cccnc9c8n7)cc6)c6ccccc46)-c4cccc6cccc-5c46)cc3)N2)N=C1. The monoisotopic (exact) mass is 740 g/mol. The van der Waals surface area contributed by atoms with Gasteiger partial charge in [-0.05, 0) is 102 Å². The Morgan fingerprint density at radius 3 is 1.84 bits per heavy atom. The summed E-state index contributed by atoms with van der Waals surface area (Å²) < 4.78 is 0. The molecular weight excluding hydrogens is 705 g/mol. The predicted molar refractivity (Wildman–Crippen MR) is 243 cm³/mol. The van der Waals surface area contributed by atoms with Crippen LogP contribution in [-0.2, 0) is 0 Å². The Kier molecular flexibility index (Phi) is 7.39. The molecule has 0 saturated heterocycles. The molecule has 0 radical (unpaired) electrons. The van der Waals surface area contributed by atoms with Gasteiger partial charge in [0.1, 0.15) is 0 Å². The van der Waals surface area contributed by atoms with Crippen molar-refractivity contribution < 1.29 is 0 Å². The number of nitrogens with one attached hydrogen (secondary N) is 1. The van der Waals surface area contributed by atoms with Crippen molar-refractivity contribution in [3.8, 4) is 55.8 Å². The van der Waals surface area contributed by atoms with Crippen LogP contribution in [0.15, 0.2) is 187 Å². The Balaban J connectivity index is 1.00. The molecule has 4 heterocycles. The third-order valence-corrected chi connectivity index (χ3v) is 12.2. The van der Waals surface area contributed by atoms with Gasteiger partial charge in [-0.2, -0.15) is 0 Å². The molecule has 12 rings (SSSR count). The summed E-state index contributed by atoms with van der Waals surface area (Å²) in [5, 5.41) is 11.0. The van der Waals surface area contributed by atoms with E-state index in [1.807, 2.05) is 24.6 Å². The molecule has 0 amide bonds. The molecule has 2 atom stereocenters. The van der Waals surface area contributed by atoms with Crippen molar-refractivity contribution in [3.05, 3.63) is 188 Å². The van der Waals surface area contributed by atoms with Crippen LogP contribution >= 0.6 is 0 Å². The topological polar surface area (TPSA) is 50.2 Å². The fourth-order valence-corrected chi connectivity index (χ4v) is 9.53. The number of hydrogen-bond acceptors (Lipinski definition) is 4. The summed E-state index contributed by atoms with van der Waals surface area (Å²) in [7, 11) is 0. The number of allylic oxidation sites excluding steroid dienone is 3. The van der Waals surface area contributed by atoms with Crippen molar-refractivity contribution >= 4 is 55.3 Å². The number of pyridine rings is 2. The number of aromatic nitrogens is 2. The minimum atomic E-state index is 0.162. The van der Waals surface area contributed by atoms with Crippen molar-refractivity contribution in [2.24, 2.45) is 4.99 Å². The minimum Gasteiger partial charge on any atom is -0.376 e. The molecule has 1 N–H and O–H groups in total. The molecule has 272 valence electrons. The van der Waals surface area contributed by atoms with Crippen molar-refractivity contribution in [1.29, 1.82) is 0 Å². The molecule has 3 aliphatic rings. The Morgan fingerprint density at radius 2 is 1.16 bits per heavy atom. The fourth-order valence-electron chi connectivity index (χ4n) is 9.53. The molecule has 0 saturated carbocycles. The summed E-state index contributed by atoms with van der Waals surface area (Å²) in [5.41, 5.74) is 16.3. The van der Waals surface area contributed by atoms with E-state index in [9.17, 15) is 0 Å². The van der Waals surface area contributed by atoms with Crippen molar-refractivity contribution in [2.75, 3.05) is 0 Å². The van der Waals surface area contributed by atoms with E-state index < -0.39 is 0 Å². The van der Waals surface area contributed by atoms with Gasteiger partial charge in [-0.1, -0.05) is 152 Å². The van der Waals surface area contributed by atoms with Crippen LogP contribution in [0.1, 0.15) is 12.0 Å². The second kappa shape index (κ2) is 13.1. The minimum absolute atomic E-state index is 0.162. The van der Waals surface area contributed by atoms with Gasteiger partial charge in [0.25, 0.3) is 0 Å². The zero-order chi connectivity index (χ0) is 38.2. The van der Waals surface area contributed by atoms with E-state index in [1.54, 1.807) is 0 Å². The molecule has 9 aromatic rings. The second-order valence-electron chi connectivity index (χ2n) is 15.5. The Labute approximate surface area is 336 Å². The van der Waals surface area contributed by atoms with Crippen LogP contribution in [0.4, 0.5) is 0 Å². The molecule has 7 aromatic carbocycles. The van der Waals surface area contributed by atoms with Crippen LogP contribution < -0.4 is 5.32 Å². The van der Waals surface area contributed by atoms with Gasteiger partial charge >= 0.3 is 0 Å². The maximum absolute atomic E-state index is 5.16. The van der Waals surface area contributed by atoms with Crippen molar-refractivity contribution in [1.82, 2.24) is 15.3 Å². The average molecular weight is 741 g/mol. The molecule has 1 aliphatic carbocycles. The van der Waals surface area contributed by atoms with Crippen LogP contribution in [0.5, 0.6) is 0 Å². The molecule has 2 aliphatic heterocycles. The van der Waals surface area contributed by atoms with E-state index in [1.165, 1.54) is 71.6 Å². The van der Waals surface area contributed by atoms with Gasteiger partial charge in [-0.25, -0.2) is 4.98 Å². The molecule has 0 fully saturated rings. The normalized spacial score (nSPS) is 16.6. The van der Waals surface area contributed by atoms with E-state index in [0.717, 1.165) is 45.2 Å². The number of nitrogens with zero attached hydrogens (tertiary/aromatic N) is 3. The molecule has 0 spiro atoms. The van der Waals surface area contributed by atoms with E-state index in [2.05, 4.69) is 169 Å². The van der Waals surface area contributed by atoms with Crippen molar-refractivity contribution in [3.63, 3.8) is 0 Å². The lowest BCUT2D eigenvalue weighted by molar-refractivity contribution is 0.555. The third-order valence-electron chi connectivity index (χ3n) is 12.2. The standard InChI is InChI=1S/C54H36N4/c1-2-13-41-40(12-1)49(36-23-19-33(20-24-36)44-17-7-18-47(57-44)46-16-3-4-31-55-46)51-42-14-5-9-35-10-6-15-43(48(35)42)52(51)50(41)37-25-21-34(22-26-37)45-30-29-39-28-27-38-11-8-32-56-53(38)54(39)58-45/h1-15,17-32,46-47,57H,16H2.